The SMILES string of the molecule is NS(=O)(=O)c1ccc(Cc2c(-c3ccc(F)c(-c4cccc(CN5CCOCC5)c4)c3)nn(-c3nc(C(=O)O)cs3)c2CC2CC2)cc1F. The highest BCUT2D eigenvalue weighted by Gasteiger charge is 2.30. The minimum Gasteiger partial charge on any atom is -0.476 e. The highest BCUT2D eigenvalue weighted by molar-refractivity contribution is 7.89. The van der Waals surface area contributed by atoms with Gasteiger partial charge in [0, 0.05) is 48.1 Å². The number of benzene rings is 3. The van der Waals surface area contributed by atoms with Gasteiger partial charge < -0.3 is 9.84 Å². The van der Waals surface area contributed by atoms with Crippen molar-refractivity contribution in [2.24, 2.45) is 11.1 Å². The lowest BCUT2D eigenvalue weighted by atomic mass is 9.94. The van der Waals surface area contributed by atoms with Gasteiger partial charge in [0.05, 0.1) is 24.6 Å². The van der Waals surface area contributed by atoms with Gasteiger partial charge in [-0.25, -0.2) is 36.8 Å². The van der Waals surface area contributed by atoms with Crippen LogP contribution in [0.3, 0.4) is 0 Å². The maximum atomic E-state index is 15.6. The van der Waals surface area contributed by atoms with Crippen molar-refractivity contribution in [2.45, 2.75) is 37.1 Å². The van der Waals surface area contributed by atoms with Crippen LogP contribution in [0.15, 0.2) is 70.9 Å². The molecule has 3 aromatic carbocycles. The van der Waals surface area contributed by atoms with Gasteiger partial charge in [-0.15, -0.1) is 11.3 Å². The average molecular weight is 706 g/mol. The van der Waals surface area contributed by atoms with E-state index in [1.165, 1.54) is 17.5 Å². The molecule has 0 amide bonds. The van der Waals surface area contributed by atoms with Crippen LogP contribution in [0.1, 0.15) is 45.7 Å². The molecule has 3 N–H and O–H groups in total. The number of halogens is 2. The summed E-state index contributed by atoms with van der Waals surface area (Å²) in [6, 6.07) is 16.3. The molecule has 1 saturated carbocycles. The first-order valence-corrected chi connectivity index (χ1v) is 18.3. The molecule has 0 atom stereocenters. The number of thiazole rings is 1. The topological polar surface area (TPSA) is 141 Å². The molecule has 1 saturated heterocycles. The molecule has 10 nitrogen and oxygen atoms in total. The van der Waals surface area contributed by atoms with Gasteiger partial charge >= 0.3 is 5.97 Å². The zero-order chi connectivity index (χ0) is 34.3. The van der Waals surface area contributed by atoms with Crippen molar-refractivity contribution < 1.29 is 31.8 Å². The number of carboxylic acid groups (broad SMARTS) is 1. The number of carbonyl (C=O) groups is 1. The van der Waals surface area contributed by atoms with Crippen LogP contribution >= 0.6 is 11.3 Å². The molecule has 49 heavy (non-hydrogen) atoms. The van der Waals surface area contributed by atoms with E-state index >= 15 is 8.78 Å². The van der Waals surface area contributed by atoms with Gasteiger partial charge in [-0.05, 0) is 78.3 Å². The van der Waals surface area contributed by atoms with Gasteiger partial charge in [0.1, 0.15) is 16.5 Å². The monoisotopic (exact) mass is 705 g/mol. The second kappa shape index (κ2) is 13.5. The summed E-state index contributed by atoms with van der Waals surface area (Å²) < 4.78 is 61.5. The molecular formula is C35H33F2N5O5S2. The van der Waals surface area contributed by atoms with Gasteiger partial charge in [-0.2, -0.15) is 5.10 Å². The summed E-state index contributed by atoms with van der Waals surface area (Å²) in [5, 5.41) is 21.5. The third-order valence-corrected chi connectivity index (χ3v) is 10.6. The molecule has 14 heteroatoms. The first-order chi connectivity index (χ1) is 23.5. The number of primary sulfonamides is 1. The Labute approximate surface area is 285 Å². The maximum Gasteiger partial charge on any atom is 0.355 e. The van der Waals surface area contributed by atoms with Crippen molar-refractivity contribution in [2.75, 3.05) is 26.3 Å². The van der Waals surface area contributed by atoms with Gasteiger partial charge in [-0.3, -0.25) is 4.90 Å². The van der Waals surface area contributed by atoms with Crippen molar-refractivity contribution >= 4 is 27.3 Å². The molecule has 2 aromatic heterocycles. The van der Waals surface area contributed by atoms with Crippen molar-refractivity contribution in [1.82, 2.24) is 19.7 Å². The van der Waals surface area contributed by atoms with Crippen molar-refractivity contribution in [3.05, 3.63) is 106 Å². The smallest absolute Gasteiger partial charge is 0.355 e. The van der Waals surface area contributed by atoms with Gasteiger partial charge in [0.2, 0.25) is 15.2 Å². The lowest BCUT2D eigenvalue weighted by Gasteiger charge is -2.26. The fraction of sp³-hybridized carbons (Fsp3) is 0.286. The average Bonchev–Trinajstić information content (AvgIpc) is 3.63. The summed E-state index contributed by atoms with van der Waals surface area (Å²) >= 11 is 1.14. The summed E-state index contributed by atoms with van der Waals surface area (Å²) in [6.45, 7) is 3.71. The first kappa shape index (κ1) is 33.2. The van der Waals surface area contributed by atoms with Crippen LogP contribution in [0.2, 0.25) is 0 Å². The number of nitrogens with two attached hydrogens (primary N) is 1. The standard InChI is InChI=1S/C35H33F2N5O5S2/c36-28-8-7-25(18-26(28)24-3-1-2-23(14-24)19-41-10-12-47-13-11-41)33-27(15-22-6-9-32(29(37)16-22)49(38,45)46)31(17-21-4-5-21)42(40-33)35-39-30(20-48-35)34(43)44/h1-3,6-9,14,16,18,20-21H,4-5,10-13,15,17,19H2,(H,43,44)(H2,38,45,46). The summed E-state index contributed by atoms with van der Waals surface area (Å²) in [7, 11) is -4.26. The molecule has 5 aromatic rings. The predicted octanol–water partition coefficient (Wildman–Crippen LogP) is 5.66. The maximum absolute atomic E-state index is 15.6. The Morgan fingerprint density at radius 1 is 1.00 bits per heavy atom. The van der Waals surface area contributed by atoms with Crippen LogP contribution in [0.5, 0.6) is 0 Å². The Bertz CT molecular complexity index is 2160. The fourth-order valence-corrected chi connectivity index (χ4v) is 7.52. The Morgan fingerprint density at radius 3 is 2.49 bits per heavy atom. The molecular weight excluding hydrogens is 673 g/mol. The van der Waals surface area contributed by atoms with Crippen LogP contribution in [0.25, 0.3) is 27.5 Å². The Kier molecular flexibility index (Phi) is 9.15. The van der Waals surface area contributed by atoms with Crippen molar-refractivity contribution in [1.29, 1.82) is 0 Å². The number of hydrogen-bond donors (Lipinski definition) is 2. The first-order valence-electron chi connectivity index (χ1n) is 15.8. The van der Waals surface area contributed by atoms with Crippen LogP contribution in [-0.4, -0.2) is 65.5 Å². The summed E-state index contributed by atoms with van der Waals surface area (Å²) in [5.41, 5.74) is 5.11. The van der Waals surface area contributed by atoms with Crippen LogP contribution < -0.4 is 5.14 Å². The minimum atomic E-state index is -4.26. The second-order valence-electron chi connectivity index (χ2n) is 12.4. The zero-order valence-electron chi connectivity index (χ0n) is 26.3. The summed E-state index contributed by atoms with van der Waals surface area (Å²) in [6.07, 6.45) is 2.80. The van der Waals surface area contributed by atoms with E-state index in [-0.39, 0.29) is 12.1 Å². The van der Waals surface area contributed by atoms with E-state index in [0.717, 1.165) is 66.2 Å². The van der Waals surface area contributed by atoms with Crippen LogP contribution in [0.4, 0.5) is 8.78 Å². The Balaban J connectivity index is 1.34. The van der Waals surface area contributed by atoms with E-state index in [0.29, 0.717) is 65.2 Å². The highest BCUT2D eigenvalue weighted by atomic mass is 32.2. The number of sulfonamides is 1. The fourth-order valence-electron chi connectivity index (χ4n) is 6.16. The Morgan fingerprint density at radius 2 is 1.80 bits per heavy atom. The molecule has 1 aliphatic heterocycles. The Hall–Kier alpha value is -4.34. The second-order valence-corrected chi connectivity index (χ2v) is 14.8. The largest absolute Gasteiger partial charge is 0.476 e. The number of carboxylic acids is 1. The molecule has 3 heterocycles. The number of ether oxygens (including phenoxy) is 1. The van der Waals surface area contributed by atoms with Gasteiger partial charge in [-0.1, -0.05) is 24.3 Å². The predicted molar refractivity (Wildman–Crippen MR) is 180 cm³/mol. The number of aromatic carboxylic acids is 1. The van der Waals surface area contributed by atoms with Gasteiger partial charge in [0.15, 0.2) is 5.69 Å². The number of rotatable bonds is 11. The molecule has 7 rings (SSSR count). The van der Waals surface area contributed by atoms with E-state index in [9.17, 15) is 18.3 Å². The number of nitrogens with zero attached hydrogens (tertiary/aromatic N) is 4. The molecule has 0 bridgehead atoms. The number of morpholine rings is 1. The van der Waals surface area contributed by atoms with E-state index < -0.39 is 32.5 Å². The van der Waals surface area contributed by atoms with E-state index in [4.69, 9.17) is 15.0 Å². The van der Waals surface area contributed by atoms with E-state index in [1.54, 1.807) is 16.8 Å². The molecule has 1 aliphatic carbocycles. The molecule has 0 radical (unpaired) electrons. The third kappa shape index (κ3) is 7.33. The summed E-state index contributed by atoms with van der Waals surface area (Å²) in [4.78, 5) is 17.7. The van der Waals surface area contributed by atoms with E-state index in [2.05, 4.69) is 9.88 Å². The molecule has 0 unspecified atom stereocenters. The molecule has 2 aliphatic rings. The van der Waals surface area contributed by atoms with Gasteiger partial charge in [0.25, 0.3) is 0 Å². The number of aromatic nitrogens is 3. The quantitative estimate of drug-likeness (QED) is 0.179. The lowest BCUT2D eigenvalue weighted by molar-refractivity contribution is 0.0342. The van der Waals surface area contributed by atoms with Crippen molar-refractivity contribution in [3.8, 4) is 27.5 Å². The molecule has 0 spiro atoms. The highest BCUT2D eigenvalue weighted by Crippen LogP contribution is 2.39. The molecule has 254 valence electrons. The lowest BCUT2D eigenvalue weighted by Crippen LogP contribution is -2.35. The molecule has 2 fully saturated rings. The summed E-state index contributed by atoms with van der Waals surface area (Å²) in [5.74, 6) is -2.16. The van der Waals surface area contributed by atoms with E-state index in [1.807, 2.05) is 24.3 Å². The number of hydrogen-bond acceptors (Lipinski definition) is 8. The zero-order valence-corrected chi connectivity index (χ0v) is 27.9. The van der Waals surface area contributed by atoms with Crippen molar-refractivity contribution in [3.63, 3.8) is 0 Å². The van der Waals surface area contributed by atoms with Crippen LogP contribution in [-0.2, 0) is 34.1 Å². The van der Waals surface area contributed by atoms with Crippen LogP contribution in [0, 0.1) is 17.6 Å². The minimum absolute atomic E-state index is 0.113. The third-order valence-electron chi connectivity index (χ3n) is 8.83. The normalized spacial score (nSPS) is 15.5.